The van der Waals surface area contributed by atoms with Gasteiger partial charge in [-0.1, -0.05) is 17.7 Å². The summed E-state index contributed by atoms with van der Waals surface area (Å²) in [5.41, 5.74) is 3.53. The minimum absolute atomic E-state index is 0.496. The van der Waals surface area contributed by atoms with Gasteiger partial charge in [-0.3, -0.25) is 10.1 Å². The first-order chi connectivity index (χ1) is 7.49. The largest absolute Gasteiger partial charge is 0.341 e. The van der Waals surface area contributed by atoms with E-state index in [0.717, 1.165) is 5.56 Å². The molecule has 0 bridgehead atoms. The van der Waals surface area contributed by atoms with Gasteiger partial charge in [0, 0.05) is 14.1 Å². The molecule has 0 aliphatic rings. The van der Waals surface area contributed by atoms with E-state index in [1.807, 2.05) is 19.1 Å². The molecule has 1 unspecified atom stereocenters. The number of carbonyl (C=O) groups excluding carboxylic acids is 1. The number of nitrogens with zero attached hydrogens (tertiary/aromatic N) is 1. The highest BCUT2D eigenvalue weighted by Gasteiger charge is 2.08. The zero-order valence-electron chi connectivity index (χ0n) is 9.48. The van der Waals surface area contributed by atoms with Crippen LogP contribution in [0.2, 0.25) is 0 Å². The zero-order chi connectivity index (χ0) is 12.1. The molecule has 16 heavy (non-hydrogen) atoms. The minimum atomic E-state index is -1.53. The molecule has 88 valence electrons. The molecule has 5 nitrogen and oxygen atoms in total. The van der Waals surface area contributed by atoms with Crippen LogP contribution in [-0.2, 0) is 11.0 Å². The molecular formula is C10H15N3O2S. The third-order valence-corrected chi connectivity index (χ3v) is 2.82. The Morgan fingerprint density at radius 1 is 1.25 bits per heavy atom. The fourth-order valence-corrected chi connectivity index (χ4v) is 1.75. The first-order valence-electron chi connectivity index (χ1n) is 4.72. The van der Waals surface area contributed by atoms with Gasteiger partial charge in [0.25, 0.3) is 0 Å². The number of hydrogen-bond donors (Lipinski definition) is 2. The summed E-state index contributed by atoms with van der Waals surface area (Å²) in [6.07, 6.45) is 0. The molecule has 0 radical (unpaired) electrons. The Kier molecular flexibility index (Phi) is 4.45. The Hall–Kier alpha value is -1.40. The van der Waals surface area contributed by atoms with Gasteiger partial charge in [0.05, 0.1) is 4.90 Å². The van der Waals surface area contributed by atoms with Crippen LogP contribution in [0.15, 0.2) is 29.2 Å². The third-order valence-electron chi connectivity index (χ3n) is 1.75. The van der Waals surface area contributed by atoms with Gasteiger partial charge < -0.3 is 0 Å². The van der Waals surface area contributed by atoms with Crippen LogP contribution in [0.5, 0.6) is 0 Å². The smallest absolute Gasteiger partial charge is 0.270 e. The molecule has 0 aromatic heterocycles. The topological polar surface area (TPSA) is 61.4 Å². The van der Waals surface area contributed by atoms with Crippen molar-refractivity contribution >= 4 is 17.0 Å². The van der Waals surface area contributed by atoms with E-state index >= 15 is 0 Å². The van der Waals surface area contributed by atoms with Crippen LogP contribution in [-0.4, -0.2) is 29.3 Å². The van der Waals surface area contributed by atoms with Gasteiger partial charge in [-0.05, 0) is 19.1 Å². The number of aryl methyl sites for hydroxylation is 1. The third kappa shape index (κ3) is 4.00. The van der Waals surface area contributed by atoms with Gasteiger partial charge in [-0.25, -0.2) is 14.0 Å². The number of nitrogens with one attached hydrogen (secondary N) is 2. The molecule has 0 fully saturated rings. The van der Waals surface area contributed by atoms with Crippen molar-refractivity contribution in [1.82, 2.24) is 15.2 Å². The number of hydrogen-bond acceptors (Lipinski definition) is 3. The molecule has 0 aliphatic heterocycles. The summed E-state index contributed by atoms with van der Waals surface area (Å²) in [4.78, 5) is 11.8. The number of carbonyl (C=O) groups is 1. The van der Waals surface area contributed by atoms with Crippen molar-refractivity contribution in [2.24, 2.45) is 0 Å². The van der Waals surface area contributed by atoms with Crippen LogP contribution >= 0.6 is 0 Å². The lowest BCUT2D eigenvalue weighted by Gasteiger charge is -2.12. The fourth-order valence-electron chi connectivity index (χ4n) is 1.03. The Bertz CT molecular complexity index is 390. The van der Waals surface area contributed by atoms with Crippen molar-refractivity contribution < 1.29 is 9.00 Å². The van der Waals surface area contributed by atoms with E-state index in [0.29, 0.717) is 4.90 Å². The highest BCUT2D eigenvalue weighted by atomic mass is 32.2. The lowest BCUT2D eigenvalue weighted by molar-refractivity contribution is 0.218. The first kappa shape index (κ1) is 12.7. The molecule has 0 spiro atoms. The number of urea groups is 1. The minimum Gasteiger partial charge on any atom is -0.270 e. The molecule has 0 saturated carbocycles. The second kappa shape index (κ2) is 5.62. The summed E-state index contributed by atoms with van der Waals surface area (Å²) in [5, 5.41) is 1.47. The normalized spacial score (nSPS) is 12.2. The second-order valence-electron chi connectivity index (χ2n) is 3.52. The van der Waals surface area contributed by atoms with E-state index in [-0.39, 0.29) is 0 Å². The van der Waals surface area contributed by atoms with Gasteiger partial charge in [-0.2, -0.15) is 0 Å². The van der Waals surface area contributed by atoms with Gasteiger partial charge in [0.2, 0.25) is 0 Å². The number of rotatable bonds is 3. The summed E-state index contributed by atoms with van der Waals surface area (Å²) in [7, 11) is 1.82. The maximum absolute atomic E-state index is 11.7. The molecule has 0 heterocycles. The molecule has 2 N–H and O–H groups in total. The highest BCUT2D eigenvalue weighted by Crippen LogP contribution is 2.06. The summed E-state index contributed by atoms with van der Waals surface area (Å²) in [5.74, 6) is 0. The van der Waals surface area contributed by atoms with Crippen molar-refractivity contribution in [2.75, 3.05) is 14.1 Å². The molecule has 1 aromatic carbocycles. The van der Waals surface area contributed by atoms with E-state index in [1.54, 1.807) is 26.2 Å². The Morgan fingerprint density at radius 2 is 1.81 bits per heavy atom. The molecule has 0 saturated heterocycles. The van der Waals surface area contributed by atoms with E-state index < -0.39 is 17.0 Å². The lowest BCUT2D eigenvalue weighted by Crippen LogP contribution is -2.43. The fraction of sp³-hybridized carbons (Fsp3) is 0.300. The van der Waals surface area contributed by atoms with Crippen LogP contribution in [0, 0.1) is 6.92 Å². The van der Waals surface area contributed by atoms with E-state index in [2.05, 4.69) is 10.1 Å². The maximum atomic E-state index is 11.7. The van der Waals surface area contributed by atoms with Crippen molar-refractivity contribution in [3.63, 3.8) is 0 Å². The number of benzene rings is 1. The summed E-state index contributed by atoms with van der Waals surface area (Å²) < 4.78 is 14.0. The molecule has 1 rings (SSSR count). The SMILES string of the molecule is Cc1ccc(S(=O)NC(=O)NN(C)C)cc1. The first-order valence-corrected chi connectivity index (χ1v) is 5.87. The monoisotopic (exact) mass is 241 g/mol. The quantitative estimate of drug-likeness (QED) is 0.769. The number of hydrazine groups is 1. The predicted molar refractivity (Wildman–Crippen MR) is 62.9 cm³/mol. The van der Waals surface area contributed by atoms with Crippen LogP contribution in [0.4, 0.5) is 4.79 Å². The molecule has 1 atom stereocenters. The van der Waals surface area contributed by atoms with E-state index in [4.69, 9.17) is 0 Å². The standard InChI is InChI=1S/C10H15N3O2S/c1-8-4-6-9(7-5-8)16(15)12-10(14)11-13(2)3/h4-7H,1-3H3,(H2,11,12,14). The summed E-state index contributed by atoms with van der Waals surface area (Å²) in [6.45, 7) is 1.94. The van der Waals surface area contributed by atoms with Crippen molar-refractivity contribution in [3.05, 3.63) is 29.8 Å². The molecule has 2 amide bonds. The van der Waals surface area contributed by atoms with Crippen molar-refractivity contribution in [2.45, 2.75) is 11.8 Å². The van der Waals surface area contributed by atoms with Gasteiger partial charge in [0.1, 0.15) is 0 Å². The van der Waals surface area contributed by atoms with Gasteiger partial charge >= 0.3 is 6.03 Å². The van der Waals surface area contributed by atoms with Gasteiger partial charge in [-0.15, -0.1) is 0 Å². The van der Waals surface area contributed by atoms with Gasteiger partial charge in [0.15, 0.2) is 11.0 Å². The zero-order valence-corrected chi connectivity index (χ0v) is 10.3. The van der Waals surface area contributed by atoms with Crippen molar-refractivity contribution in [1.29, 1.82) is 0 Å². The van der Waals surface area contributed by atoms with Crippen LogP contribution in [0.3, 0.4) is 0 Å². The Labute approximate surface area is 97.4 Å². The Morgan fingerprint density at radius 3 is 2.31 bits per heavy atom. The van der Waals surface area contributed by atoms with Crippen LogP contribution in [0.1, 0.15) is 5.56 Å². The van der Waals surface area contributed by atoms with Crippen LogP contribution in [0.25, 0.3) is 0 Å². The Balaban J connectivity index is 2.59. The molecule has 1 aromatic rings. The van der Waals surface area contributed by atoms with E-state index in [9.17, 15) is 9.00 Å². The average molecular weight is 241 g/mol. The molecule has 6 heteroatoms. The predicted octanol–water partition coefficient (Wildman–Crippen LogP) is 0.793. The molecule has 0 aliphatic carbocycles. The van der Waals surface area contributed by atoms with Crippen LogP contribution < -0.4 is 10.1 Å². The highest BCUT2D eigenvalue weighted by molar-refractivity contribution is 7.83. The number of amides is 2. The maximum Gasteiger partial charge on any atom is 0.341 e. The summed E-state index contributed by atoms with van der Waals surface area (Å²) in [6, 6.07) is 6.64. The van der Waals surface area contributed by atoms with E-state index in [1.165, 1.54) is 5.01 Å². The summed E-state index contributed by atoms with van der Waals surface area (Å²) >= 11 is 0. The second-order valence-corrected chi connectivity index (χ2v) is 4.73. The molecular weight excluding hydrogens is 226 g/mol. The average Bonchev–Trinajstić information content (AvgIpc) is 2.16. The van der Waals surface area contributed by atoms with Crippen molar-refractivity contribution in [3.8, 4) is 0 Å². The lowest BCUT2D eigenvalue weighted by atomic mass is 10.2.